The number of hydrogen-bond acceptors (Lipinski definition) is 5. The Morgan fingerprint density at radius 2 is 1.86 bits per heavy atom. The van der Waals surface area contributed by atoms with E-state index >= 15 is 0 Å². The Kier molecular flexibility index (Phi) is 5.14. The summed E-state index contributed by atoms with van der Waals surface area (Å²) in [5, 5.41) is 16.9. The molecule has 8 nitrogen and oxygen atoms in total. The third-order valence-electron chi connectivity index (χ3n) is 5.95. The van der Waals surface area contributed by atoms with E-state index in [0.717, 1.165) is 12.8 Å². The maximum absolute atomic E-state index is 12.7. The fourth-order valence-electron chi connectivity index (χ4n) is 4.82. The van der Waals surface area contributed by atoms with E-state index in [9.17, 15) is 14.7 Å². The summed E-state index contributed by atoms with van der Waals surface area (Å²) in [6.45, 7) is 1.74. The number of piperidine rings is 1. The highest BCUT2D eigenvalue weighted by atomic mass is 16.3. The van der Waals surface area contributed by atoms with E-state index in [4.69, 9.17) is 0 Å². The summed E-state index contributed by atoms with van der Waals surface area (Å²) in [7, 11) is 1.90. The molecule has 2 bridgehead atoms. The van der Waals surface area contributed by atoms with Crippen LogP contribution < -0.4 is 10.6 Å². The summed E-state index contributed by atoms with van der Waals surface area (Å²) in [6, 6.07) is 7.43. The monoisotopic (exact) mass is 397 g/mol. The Morgan fingerprint density at radius 1 is 1.21 bits per heavy atom. The van der Waals surface area contributed by atoms with Crippen molar-refractivity contribution in [3.8, 4) is 0 Å². The number of carbonyl (C=O) groups is 2. The molecule has 2 aliphatic rings. The normalized spacial score (nSPS) is 26.3. The number of nitrogens with one attached hydrogen (secondary N) is 2. The number of nitrogens with zero attached hydrogens (tertiary/aromatic N) is 3. The Bertz CT molecular complexity index is 911. The van der Waals surface area contributed by atoms with Gasteiger partial charge < -0.3 is 20.3 Å². The number of carbonyl (C=O) groups excluding carboxylic acids is 2. The molecule has 1 aromatic heterocycles. The number of benzene rings is 1. The SMILES string of the molecule is CC(=O)Nc1cccc(NC(=O)CN2C3CCC2CC(O)(c2nccn2C)C3)c1. The lowest BCUT2D eigenvalue weighted by molar-refractivity contribution is -0.121. The summed E-state index contributed by atoms with van der Waals surface area (Å²) in [5.41, 5.74) is 0.354. The number of aliphatic hydroxyl groups is 1. The number of anilines is 2. The first-order valence-corrected chi connectivity index (χ1v) is 9.97. The molecule has 1 aromatic carbocycles. The first-order chi connectivity index (χ1) is 13.8. The van der Waals surface area contributed by atoms with Crippen molar-refractivity contribution in [1.29, 1.82) is 0 Å². The number of amides is 2. The van der Waals surface area contributed by atoms with Crippen LogP contribution >= 0.6 is 0 Å². The molecule has 2 saturated heterocycles. The van der Waals surface area contributed by atoms with Crippen molar-refractivity contribution in [3.05, 3.63) is 42.5 Å². The third-order valence-corrected chi connectivity index (χ3v) is 5.95. The molecule has 2 aliphatic heterocycles. The minimum Gasteiger partial charge on any atom is -0.382 e. The summed E-state index contributed by atoms with van der Waals surface area (Å²) >= 11 is 0. The molecular weight excluding hydrogens is 370 g/mol. The van der Waals surface area contributed by atoms with Crippen LogP contribution in [-0.2, 0) is 22.2 Å². The van der Waals surface area contributed by atoms with Crippen LogP contribution in [0.4, 0.5) is 11.4 Å². The molecular formula is C21H27N5O3. The largest absolute Gasteiger partial charge is 0.382 e. The van der Waals surface area contributed by atoms with E-state index in [0.29, 0.717) is 30.0 Å². The molecule has 2 unspecified atom stereocenters. The van der Waals surface area contributed by atoms with Gasteiger partial charge in [0.25, 0.3) is 0 Å². The summed E-state index contributed by atoms with van der Waals surface area (Å²) in [4.78, 5) is 30.5. The van der Waals surface area contributed by atoms with Crippen LogP contribution in [0.1, 0.15) is 38.4 Å². The van der Waals surface area contributed by atoms with Gasteiger partial charge in [-0.3, -0.25) is 14.5 Å². The van der Waals surface area contributed by atoms with Crippen LogP contribution in [0.3, 0.4) is 0 Å². The standard InChI is InChI=1S/C21H27N5O3/c1-14(27)23-15-4-3-5-16(10-15)24-19(28)13-26-17-6-7-18(26)12-21(29,11-17)20-22-8-9-25(20)2/h3-5,8-10,17-18,29H,6-7,11-13H2,1-2H3,(H,23,27)(H,24,28). The zero-order chi connectivity index (χ0) is 20.6. The molecule has 4 rings (SSSR count). The molecule has 0 aliphatic carbocycles. The fourth-order valence-corrected chi connectivity index (χ4v) is 4.82. The van der Waals surface area contributed by atoms with Crippen LogP contribution in [0.25, 0.3) is 0 Å². The minimum atomic E-state index is -0.941. The highest BCUT2D eigenvalue weighted by molar-refractivity contribution is 5.94. The van der Waals surface area contributed by atoms with Crippen molar-refractivity contribution in [3.63, 3.8) is 0 Å². The number of aromatic nitrogens is 2. The van der Waals surface area contributed by atoms with Crippen molar-refractivity contribution in [1.82, 2.24) is 14.5 Å². The molecule has 3 N–H and O–H groups in total. The van der Waals surface area contributed by atoms with Gasteiger partial charge in [-0.25, -0.2) is 4.98 Å². The molecule has 3 heterocycles. The van der Waals surface area contributed by atoms with Crippen molar-refractivity contribution >= 4 is 23.2 Å². The second kappa shape index (κ2) is 7.61. The summed E-state index contributed by atoms with van der Waals surface area (Å²) in [6.07, 6.45) is 6.68. The van der Waals surface area contributed by atoms with E-state index in [1.165, 1.54) is 6.92 Å². The number of fused-ring (bicyclic) bond motifs is 2. The Labute approximate surface area is 169 Å². The maximum atomic E-state index is 12.7. The molecule has 0 saturated carbocycles. The second-order valence-corrected chi connectivity index (χ2v) is 8.17. The fraction of sp³-hybridized carbons (Fsp3) is 0.476. The van der Waals surface area contributed by atoms with Crippen molar-refractivity contribution < 1.29 is 14.7 Å². The lowest BCUT2D eigenvalue weighted by Gasteiger charge is -2.43. The molecule has 29 heavy (non-hydrogen) atoms. The van der Waals surface area contributed by atoms with Crippen molar-refractivity contribution in [2.45, 2.75) is 50.3 Å². The Morgan fingerprint density at radius 3 is 2.45 bits per heavy atom. The predicted octanol–water partition coefficient (Wildman–Crippen LogP) is 1.83. The first-order valence-electron chi connectivity index (χ1n) is 9.97. The quantitative estimate of drug-likeness (QED) is 0.715. The summed E-state index contributed by atoms with van der Waals surface area (Å²) in [5.74, 6) is 0.455. The van der Waals surface area contributed by atoms with Gasteiger partial charge in [0.15, 0.2) is 0 Å². The van der Waals surface area contributed by atoms with E-state index < -0.39 is 5.60 Å². The maximum Gasteiger partial charge on any atom is 0.238 e. The van der Waals surface area contributed by atoms with Gasteiger partial charge in [-0.15, -0.1) is 0 Å². The first kappa shape index (κ1) is 19.6. The lowest BCUT2D eigenvalue weighted by atomic mass is 9.85. The van der Waals surface area contributed by atoms with Gasteiger partial charge in [-0.1, -0.05) is 6.07 Å². The van der Waals surface area contributed by atoms with Crippen LogP contribution in [0.5, 0.6) is 0 Å². The van der Waals surface area contributed by atoms with Gasteiger partial charge in [-0.05, 0) is 43.9 Å². The molecule has 2 fully saturated rings. The predicted molar refractivity (Wildman–Crippen MR) is 109 cm³/mol. The minimum absolute atomic E-state index is 0.0932. The Balaban J connectivity index is 1.40. The molecule has 0 radical (unpaired) electrons. The van der Waals surface area contributed by atoms with Gasteiger partial charge >= 0.3 is 0 Å². The van der Waals surface area contributed by atoms with E-state index in [1.807, 2.05) is 17.8 Å². The van der Waals surface area contributed by atoms with E-state index in [2.05, 4.69) is 20.5 Å². The average Bonchev–Trinajstić information content (AvgIpc) is 3.17. The van der Waals surface area contributed by atoms with Crippen LogP contribution in [0, 0.1) is 0 Å². The highest BCUT2D eigenvalue weighted by Gasteiger charge is 2.50. The third kappa shape index (κ3) is 4.04. The van der Waals surface area contributed by atoms with Gasteiger partial charge in [0.2, 0.25) is 11.8 Å². The lowest BCUT2D eigenvalue weighted by Crippen LogP contribution is -2.52. The van der Waals surface area contributed by atoms with Crippen molar-refractivity contribution in [2.75, 3.05) is 17.2 Å². The van der Waals surface area contributed by atoms with Crippen molar-refractivity contribution in [2.24, 2.45) is 7.05 Å². The molecule has 154 valence electrons. The molecule has 2 aromatic rings. The highest BCUT2D eigenvalue weighted by Crippen LogP contribution is 2.44. The number of hydrogen-bond donors (Lipinski definition) is 3. The van der Waals surface area contributed by atoms with E-state index in [-0.39, 0.29) is 30.4 Å². The topological polar surface area (TPSA) is 99.5 Å². The Hall–Kier alpha value is -2.71. The van der Waals surface area contributed by atoms with Crippen LogP contribution in [0.15, 0.2) is 36.7 Å². The zero-order valence-corrected chi connectivity index (χ0v) is 16.8. The second-order valence-electron chi connectivity index (χ2n) is 8.17. The number of aryl methyl sites for hydroxylation is 1. The van der Waals surface area contributed by atoms with Gasteiger partial charge in [0, 0.05) is 49.8 Å². The number of imidazole rings is 1. The van der Waals surface area contributed by atoms with Gasteiger partial charge in [-0.2, -0.15) is 0 Å². The molecule has 2 atom stereocenters. The van der Waals surface area contributed by atoms with E-state index in [1.54, 1.807) is 30.5 Å². The van der Waals surface area contributed by atoms with Gasteiger partial charge in [0.1, 0.15) is 11.4 Å². The van der Waals surface area contributed by atoms with Gasteiger partial charge in [0.05, 0.1) is 6.54 Å². The molecule has 0 spiro atoms. The molecule has 2 amide bonds. The summed E-state index contributed by atoms with van der Waals surface area (Å²) < 4.78 is 1.88. The zero-order valence-electron chi connectivity index (χ0n) is 16.8. The number of rotatable bonds is 5. The van der Waals surface area contributed by atoms with Crippen LogP contribution in [0.2, 0.25) is 0 Å². The van der Waals surface area contributed by atoms with Crippen LogP contribution in [-0.4, -0.2) is 50.0 Å². The molecule has 8 heteroatoms. The smallest absolute Gasteiger partial charge is 0.238 e. The average molecular weight is 397 g/mol.